The fraction of sp³-hybridized carbons (Fsp3) is 0.286. The van der Waals surface area contributed by atoms with E-state index >= 15 is 0 Å². The molecule has 1 aromatic heterocycles. The van der Waals surface area contributed by atoms with Gasteiger partial charge in [-0.1, -0.05) is 18.2 Å². The second-order valence-corrected chi connectivity index (χ2v) is 5.46. The maximum Gasteiger partial charge on any atom is 0.251 e. The van der Waals surface area contributed by atoms with Gasteiger partial charge in [0.05, 0.1) is 0 Å². The van der Waals surface area contributed by atoms with Gasteiger partial charge in [-0.25, -0.2) is 4.98 Å². The van der Waals surface area contributed by atoms with Crippen molar-refractivity contribution in [1.82, 2.24) is 10.3 Å². The fourth-order valence-electron chi connectivity index (χ4n) is 2.28. The monoisotopic (exact) mass is 273 g/mol. The summed E-state index contributed by atoms with van der Waals surface area (Å²) in [5.74, 6) is 0.00610. The van der Waals surface area contributed by atoms with E-state index in [1.807, 2.05) is 41.9 Å². The summed E-state index contributed by atoms with van der Waals surface area (Å²) in [7, 11) is 0. The summed E-state index contributed by atoms with van der Waals surface area (Å²) in [5.41, 5.74) is 0.718. The van der Waals surface area contributed by atoms with Crippen molar-refractivity contribution < 1.29 is 4.79 Å². The van der Waals surface area contributed by atoms with Crippen molar-refractivity contribution in [3.8, 4) is 0 Å². The van der Waals surface area contributed by atoms with E-state index in [9.17, 15) is 4.79 Å². The molecule has 1 amide bonds. The Morgan fingerprint density at radius 2 is 2.21 bits per heavy atom. The van der Waals surface area contributed by atoms with E-state index in [4.69, 9.17) is 0 Å². The summed E-state index contributed by atoms with van der Waals surface area (Å²) in [6.07, 6.45) is 2.79. The lowest BCUT2D eigenvalue weighted by Gasteiger charge is -2.15. The van der Waals surface area contributed by atoms with Gasteiger partial charge in [0.2, 0.25) is 0 Å². The zero-order chi connectivity index (χ0) is 13.1. The van der Waals surface area contributed by atoms with Gasteiger partial charge in [-0.3, -0.25) is 4.79 Å². The zero-order valence-corrected chi connectivity index (χ0v) is 11.3. The highest BCUT2D eigenvalue weighted by atomic mass is 32.1. The van der Waals surface area contributed by atoms with Crippen molar-refractivity contribution >= 4 is 22.4 Å². The minimum absolute atomic E-state index is 0.00610. The Kier molecular flexibility index (Phi) is 3.46. The molecule has 98 valence electrons. The topological polar surface area (TPSA) is 45.2 Å². The van der Waals surface area contributed by atoms with Crippen molar-refractivity contribution in [3.63, 3.8) is 0 Å². The van der Waals surface area contributed by atoms with Crippen LogP contribution in [-0.4, -0.2) is 30.0 Å². The number of aromatic nitrogens is 1. The van der Waals surface area contributed by atoms with Crippen molar-refractivity contribution in [2.45, 2.75) is 12.5 Å². The standard InChI is InChI=1S/C14H15N3OS/c18-13(11-4-2-1-3-5-11)16-12-6-8-17(10-12)14-15-7-9-19-14/h1-5,7,9,12H,6,8,10H2,(H,16,18). The number of nitrogens with zero attached hydrogens (tertiary/aromatic N) is 2. The Labute approximate surface area is 116 Å². The van der Waals surface area contributed by atoms with E-state index in [0.29, 0.717) is 0 Å². The Bertz CT molecular complexity index is 541. The molecule has 0 bridgehead atoms. The van der Waals surface area contributed by atoms with Gasteiger partial charge in [0.15, 0.2) is 5.13 Å². The number of hydrogen-bond donors (Lipinski definition) is 1. The third-order valence-corrected chi connectivity index (χ3v) is 4.08. The Balaban J connectivity index is 1.59. The minimum Gasteiger partial charge on any atom is -0.347 e. The molecule has 1 atom stereocenters. The molecule has 1 fully saturated rings. The summed E-state index contributed by atoms with van der Waals surface area (Å²) in [4.78, 5) is 18.6. The second kappa shape index (κ2) is 5.40. The summed E-state index contributed by atoms with van der Waals surface area (Å²) in [6, 6.07) is 9.55. The molecule has 0 spiro atoms. The van der Waals surface area contributed by atoms with E-state index in [2.05, 4.69) is 15.2 Å². The van der Waals surface area contributed by atoms with Crippen LogP contribution >= 0.6 is 11.3 Å². The number of carbonyl (C=O) groups is 1. The first kappa shape index (κ1) is 12.2. The number of thiazole rings is 1. The van der Waals surface area contributed by atoms with Gasteiger partial charge in [0.1, 0.15) is 0 Å². The summed E-state index contributed by atoms with van der Waals surface area (Å²) < 4.78 is 0. The van der Waals surface area contributed by atoms with E-state index in [0.717, 1.165) is 30.2 Å². The van der Waals surface area contributed by atoms with Crippen molar-refractivity contribution in [3.05, 3.63) is 47.5 Å². The van der Waals surface area contributed by atoms with Gasteiger partial charge < -0.3 is 10.2 Å². The quantitative estimate of drug-likeness (QED) is 0.932. The molecule has 1 aromatic carbocycles. The highest BCUT2D eigenvalue weighted by molar-refractivity contribution is 7.13. The number of amides is 1. The number of nitrogens with one attached hydrogen (secondary N) is 1. The maximum atomic E-state index is 12.1. The van der Waals surface area contributed by atoms with Crippen LogP contribution in [0.3, 0.4) is 0 Å². The smallest absolute Gasteiger partial charge is 0.251 e. The zero-order valence-electron chi connectivity index (χ0n) is 10.5. The van der Waals surface area contributed by atoms with Gasteiger partial charge >= 0.3 is 0 Å². The Morgan fingerprint density at radius 1 is 1.37 bits per heavy atom. The van der Waals surface area contributed by atoms with Crippen LogP contribution in [0.4, 0.5) is 5.13 Å². The number of carbonyl (C=O) groups excluding carboxylic acids is 1. The lowest BCUT2D eigenvalue weighted by Crippen LogP contribution is -2.37. The van der Waals surface area contributed by atoms with Crippen LogP contribution in [0.15, 0.2) is 41.9 Å². The van der Waals surface area contributed by atoms with Crippen LogP contribution in [0, 0.1) is 0 Å². The second-order valence-electron chi connectivity index (χ2n) is 4.59. The van der Waals surface area contributed by atoms with Crippen LogP contribution in [0.25, 0.3) is 0 Å². The molecule has 4 nitrogen and oxygen atoms in total. The summed E-state index contributed by atoms with van der Waals surface area (Å²) in [5, 5.41) is 6.10. The van der Waals surface area contributed by atoms with Crippen LogP contribution in [0.1, 0.15) is 16.8 Å². The molecule has 1 saturated heterocycles. The molecular formula is C14H15N3OS. The van der Waals surface area contributed by atoms with Gasteiger partial charge in [0.25, 0.3) is 5.91 Å². The molecule has 0 saturated carbocycles. The van der Waals surface area contributed by atoms with Crippen molar-refractivity contribution in [2.24, 2.45) is 0 Å². The number of anilines is 1. The normalized spacial score (nSPS) is 18.5. The van der Waals surface area contributed by atoms with Gasteiger partial charge in [-0.05, 0) is 18.6 Å². The summed E-state index contributed by atoms with van der Waals surface area (Å²) in [6.45, 7) is 1.79. The Morgan fingerprint density at radius 3 is 2.95 bits per heavy atom. The third-order valence-electron chi connectivity index (χ3n) is 3.25. The highest BCUT2D eigenvalue weighted by Gasteiger charge is 2.25. The third kappa shape index (κ3) is 2.76. The first-order valence-corrected chi connectivity index (χ1v) is 7.21. The first-order valence-electron chi connectivity index (χ1n) is 6.33. The van der Waals surface area contributed by atoms with Crippen molar-refractivity contribution in [2.75, 3.05) is 18.0 Å². The molecule has 2 heterocycles. The lowest BCUT2D eigenvalue weighted by molar-refractivity contribution is 0.0940. The molecule has 3 rings (SSSR count). The molecule has 2 aromatic rings. The molecule has 1 N–H and O–H groups in total. The average Bonchev–Trinajstić information content (AvgIpc) is 3.10. The minimum atomic E-state index is 0.00610. The lowest BCUT2D eigenvalue weighted by atomic mass is 10.2. The number of benzene rings is 1. The molecule has 0 radical (unpaired) electrons. The fourth-order valence-corrected chi connectivity index (χ4v) is 2.96. The SMILES string of the molecule is O=C(NC1CCN(c2nccs2)C1)c1ccccc1. The van der Waals surface area contributed by atoms with Crippen LogP contribution in [-0.2, 0) is 0 Å². The molecule has 1 unspecified atom stereocenters. The Hall–Kier alpha value is -1.88. The van der Waals surface area contributed by atoms with Crippen molar-refractivity contribution in [1.29, 1.82) is 0 Å². The molecular weight excluding hydrogens is 258 g/mol. The maximum absolute atomic E-state index is 12.1. The van der Waals surface area contributed by atoms with E-state index in [1.54, 1.807) is 11.3 Å². The predicted octanol–water partition coefficient (Wildman–Crippen LogP) is 2.15. The van der Waals surface area contributed by atoms with Gasteiger partial charge in [0, 0.05) is 36.3 Å². The molecule has 5 heteroatoms. The molecule has 1 aliphatic heterocycles. The predicted molar refractivity (Wildman–Crippen MR) is 76.6 cm³/mol. The molecule has 1 aliphatic rings. The van der Waals surface area contributed by atoms with E-state index in [-0.39, 0.29) is 11.9 Å². The first-order chi connectivity index (χ1) is 9.33. The van der Waals surface area contributed by atoms with Gasteiger partial charge in [-0.2, -0.15) is 0 Å². The average molecular weight is 273 g/mol. The number of rotatable bonds is 3. The number of hydrogen-bond acceptors (Lipinski definition) is 4. The van der Waals surface area contributed by atoms with Crippen LogP contribution < -0.4 is 10.2 Å². The van der Waals surface area contributed by atoms with Crippen LogP contribution in [0.2, 0.25) is 0 Å². The van der Waals surface area contributed by atoms with E-state index < -0.39 is 0 Å². The molecule has 19 heavy (non-hydrogen) atoms. The summed E-state index contributed by atoms with van der Waals surface area (Å²) >= 11 is 1.64. The van der Waals surface area contributed by atoms with Gasteiger partial charge in [-0.15, -0.1) is 11.3 Å². The van der Waals surface area contributed by atoms with Crippen LogP contribution in [0.5, 0.6) is 0 Å². The highest BCUT2D eigenvalue weighted by Crippen LogP contribution is 2.22. The largest absolute Gasteiger partial charge is 0.347 e. The molecule has 0 aliphatic carbocycles. The van der Waals surface area contributed by atoms with E-state index in [1.165, 1.54) is 0 Å².